The average molecular weight is 308 g/mol. The van der Waals surface area contributed by atoms with E-state index in [0.717, 1.165) is 16.5 Å². The van der Waals surface area contributed by atoms with Crippen molar-refractivity contribution in [3.63, 3.8) is 0 Å². The number of nitrogens with zero attached hydrogens (tertiary/aromatic N) is 2. The number of benzene rings is 2. The minimum atomic E-state index is -0.346. The maximum Gasteiger partial charge on any atom is 0.227 e. The van der Waals surface area contributed by atoms with Crippen LogP contribution in [0.5, 0.6) is 0 Å². The first kappa shape index (κ1) is 15.2. The molecule has 23 heavy (non-hydrogen) atoms. The van der Waals surface area contributed by atoms with E-state index in [-0.39, 0.29) is 18.1 Å². The van der Waals surface area contributed by atoms with Crippen LogP contribution in [0.3, 0.4) is 0 Å². The molecule has 4 heteroatoms. The van der Waals surface area contributed by atoms with Crippen LogP contribution in [0.25, 0.3) is 10.9 Å². The van der Waals surface area contributed by atoms with Gasteiger partial charge in [-0.1, -0.05) is 36.4 Å². The topological polar surface area (TPSA) is 33.2 Å². The van der Waals surface area contributed by atoms with Crippen molar-refractivity contribution in [2.45, 2.75) is 13.0 Å². The van der Waals surface area contributed by atoms with Gasteiger partial charge in [0.15, 0.2) is 0 Å². The van der Waals surface area contributed by atoms with E-state index in [2.05, 4.69) is 4.98 Å². The fraction of sp³-hybridized carbons (Fsp3) is 0.158. The number of amides is 1. The van der Waals surface area contributed by atoms with Crippen LogP contribution < -0.4 is 0 Å². The van der Waals surface area contributed by atoms with Gasteiger partial charge in [0.25, 0.3) is 0 Å². The number of carbonyl (C=O) groups excluding carboxylic acids is 1. The molecule has 0 N–H and O–H groups in total. The van der Waals surface area contributed by atoms with Crippen LogP contribution in [-0.2, 0) is 17.8 Å². The number of pyridine rings is 1. The number of hydrogen-bond donors (Lipinski definition) is 0. The van der Waals surface area contributed by atoms with Gasteiger partial charge in [0.2, 0.25) is 5.91 Å². The van der Waals surface area contributed by atoms with E-state index in [1.807, 2.05) is 30.3 Å². The minimum Gasteiger partial charge on any atom is -0.341 e. The lowest BCUT2D eigenvalue weighted by atomic mass is 10.1. The molecule has 1 amide bonds. The van der Waals surface area contributed by atoms with Crippen LogP contribution >= 0.6 is 0 Å². The Morgan fingerprint density at radius 1 is 1.13 bits per heavy atom. The Kier molecular flexibility index (Phi) is 4.33. The molecule has 3 nitrogen and oxygen atoms in total. The SMILES string of the molecule is CN(Cc1cnc2ccccc2c1)C(=O)Cc1ccccc1F. The zero-order chi connectivity index (χ0) is 16.2. The molecule has 0 saturated heterocycles. The summed E-state index contributed by atoms with van der Waals surface area (Å²) in [4.78, 5) is 18.3. The summed E-state index contributed by atoms with van der Waals surface area (Å²) < 4.78 is 13.6. The van der Waals surface area contributed by atoms with E-state index < -0.39 is 0 Å². The summed E-state index contributed by atoms with van der Waals surface area (Å²) in [6.45, 7) is 0.450. The third-order valence-corrected chi connectivity index (χ3v) is 3.79. The number of rotatable bonds is 4. The molecule has 0 radical (unpaired) electrons. The van der Waals surface area contributed by atoms with Crippen LogP contribution in [-0.4, -0.2) is 22.8 Å². The van der Waals surface area contributed by atoms with Crippen molar-refractivity contribution in [2.75, 3.05) is 7.05 Å². The Balaban J connectivity index is 1.71. The van der Waals surface area contributed by atoms with E-state index in [1.54, 1.807) is 36.3 Å². The predicted molar refractivity (Wildman–Crippen MR) is 88.3 cm³/mol. The second-order valence-corrected chi connectivity index (χ2v) is 5.55. The molecule has 2 aromatic carbocycles. The summed E-state index contributed by atoms with van der Waals surface area (Å²) in [5, 5.41) is 1.04. The third kappa shape index (κ3) is 3.54. The highest BCUT2D eigenvalue weighted by atomic mass is 19.1. The molecule has 0 unspecified atom stereocenters. The lowest BCUT2D eigenvalue weighted by Crippen LogP contribution is -2.28. The van der Waals surface area contributed by atoms with Gasteiger partial charge in [0.05, 0.1) is 11.9 Å². The summed E-state index contributed by atoms with van der Waals surface area (Å²) >= 11 is 0. The summed E-state index contributed by atoms with van der Waals surface area (Å²) in [5.74, 6) is -0.468. The summed E-state index contributed by atoms with van der Waals surface area (Å²) in [6.07, 6.45) is 1.83. The van der Waals surface area contributed by atoms with E-state index in [0.29, 0.717) is 12.1 Å². The molecule has 3 aromatic rings. The van der Waals surface area contributed by atoms with Crippen molar-refractivity contribution in [2.24, 2.45) is 0 Å². The Morgan fingerprint density at radius 2 is 1.87 bits per heavy atom. The van der Waals surface area contributed by atoms with E-state index in [1.165, 1.54) is 6.07 Å². The van der Waals surface area contributed by atoms with Gasteiger partial charge in [-0.05, 0) is 29.3 Å². The summed E-state index contributed by atoms with van der Waals surface area (Å²) in [7, 11) is 1.72. The first-order valence-corrected chi connectivity index (χ1v) is 7.44. The van der Waals surface area contributed by atoms with Crippen LogP contribution in [0, 0.1) is 5.82 Å². The number of halogens is 1. The monoisotopic (exact) mass is 308 g/mol. The van der Waals surface area contributed by atoms with Crippen LogP contribution in [0.4, 0.5) is 4.39 Å². The van der Waals surface area contributed by atoms with Crippen molar-refractivity contribution < 1.29 is 9.18 Å². The number of carbonyl (C=O) groups is 1. The van der Waals surface area contributed by atoms with Gasteiger partial charge in [-0.15, -0.1) is 0 Å². The van der Waals surface area contributed by atoms with Crippen LogP contribution in [0.15, 0.2) is 60.8 Å². The molecule has 0 bridgehead atoms. The zero-order valence-electron chi connectivity index (χ0n) is 12.9. The molecule has 3 rings (SSSR count). The van der Waals surface area contributed by atoms with E-state index in [9.17, 15) is 9.18 Å². The number of hydrogen-bond acceptors (Lipinski definition) is 2. The lowest BCUT2D eigenvalue weighted by molar-refractivity contribution is -0.129. The number of aromatic nitrogens is 1. The standard InChI is InChI=1S/C19H17FN2O/c1-22(19(23)11-15-6-2-4-8-17(15)20)13-14-10-16-7-3-5-9-18(16)21-12-14/h2-10,12H,11,13H2,1H3. The van der Waals surface area contributed by atoms with Crippen molar-refractivity contribution in [1.82, 2.24) is 9.88 Å². The highest BCUT2D eigenvalue weighted by molar-refractivity contribution is 5.80. The van der Waals surface area contributed by atoms with Crippen molar-refractivity contribution in [3.8, 4) is 0 Å². The maximum absolute atomic E-state index is 13.6. The molecule has 0 aliphatic rings. The number of fused-ring (bicyclic) bond motifs is 1. The van der Waals surface area contributed by atoms with E-state index >= 15 is 0 Å². The Morgan fingerprint density at radius 3 is 2.70 bits per heavy atom. The molecular formula is C19H17FN2O. The van der Waals surface area contributed by atoms with Gasteiger partial charge in [0.1, 0.15) is 5.82 Å². The maximum atomic E-state index is 13.6. The Bertz CT molecular complexity index is 847. The Hall–Kier alpha value is -2.75. The lowest BCUT2D eigenvalue weighted by Gasteiger charge is -2.17. The molecule has 1 heterocycles. The van der Waals surface area contributed by atoms with Gasteiger partial charge in [-0.25, -0.2) is 4.39 Å². The van der Waals surface area contributed by atoms with Crippen molar-refractivity contribution >= 4 is 16.8 Å². The average Bonchev–Trinajstić information content (AvgIpc) is 2.56. The molecule has 0 saturated carbocycles. The molecule has 116 valence electrons. The van der Waals surface area contributed by atoms with Crippen molar-refractivity contribution in [1.29, 1.82) is 0 Å². The van der Waals surface area contributed by atoms with Gasteiger partial charge in [-0.2, -0.15) is 0 Å². The molecule has 0 aliphatic carbocycles. The second-order valence-electron chi connectivity index (χ2n) is 5.55. The highest BCUT2D eigenvalue weighted by Gasteiger charge is 2.13. The van der Waals surface area contributed by atoms with Crippen molar-refractivity contribution in [3.05, 3.63) is 77.7 Å². The normalized spacial score (nSPS) is 10.7. The van der Waals surface area contributed by atoms with Gasteiger partial charge in [-0.3, -0.25) is 9.78 Å². The first-order chi connectivity index (χ1) is 11.1. The van der Waals surface area contributed by atoms with Crippen LogP contribution in [0.2, 0.25) is 0 Å². The minimum absolute atomic E-state index is 0.0597. The number of para-hydroxylation sites is 1. The summed E-state index contributed by atoms with van der Waals surface area (Å²) in [5.41, 5.74) is 2.30. The molecule has 0 atom stereocenters. The molecule has 0 spiro atoms. The molecule has 0 aliphatic heterocycles. The highest BCUT2D eigenvalue weighted by Crippen LogP contribution is 2.15. The fourth-order valence-electron chi connectivity index (χ4n) is 2.50. The third-order valence-electron chi connectivity index (χ3n) is 3.79. The summed E-state index contributed by atoms with van der Waals surface area (Å²) in [6, 6.07) is 16.2. The molecule has 1 aromatic heterocycles. The van der Waals surface area contributed by atoms with Gasteiger partial charge >= 0.3 is 0 Å². The van der Waals surface area contributed by atoms with Gasteiger partial charge in [0, 0.05) is 25.2 Å². The smallest absolute Gasteiger partial charge is 0.227 e. The quantitative estimate of drug-likeness (QED) is 0.738. The molecule has 0 fully saturated rings. The largest absolute Gasteiger partial charge is 0.341 e. The fourth-order valence-corrected chi connectivity index (χ4v) is 2.50. The number of likely N-dealkylation sites (N-methyl/N-ethyl adjacent to an activating group) is 1. The predicted octanol–water partition coefficient (Wildman–Crippen LogP) is 3.58. The van der Waals surface area contributed by atoms with E-state index in [4.69, 9.17) is 0 Å². The second kappa shape index (κ2) is 6.57. The van der Waals surface area contributed by atoms with Crippen LogP contribution in [0.1, 0.15) is 11.1 Å². The first-order valence-electron chi connectivity index (χ1n) is 7.44. The van der Waals surface area contributed by atoms with Gasteiger partial charge < -0.3 is 4.90 Å². The Labute approximate surface area is 134 Å². The molecular weight excluding hydrogens is 291 g/mol. The zero-order valence-corrected chi connectivity index (χ0v) is 12.9.